The number of rotatable bonds is 6. The normalized spacial score (nSPS) is 10.7. The molecule has 0 bridgehead atoms. The largest absolute Gasteiger partial charge is 0.384 e. The summed E-state index contributed by atoms with van der Waals surface area (Å²) >= 11 is 0. The van der Waals surface area contributed by atoms with Crippen LogP contribution in [0.4, 0.5) is 0 Å². The molecular weight excluding hydrogens is 152 g/mol. The third kappa shape index (κ3) is 6.19. The van der Waals surface area contributed by atoms with Crippen LogP contribution in [0.3, 0.4) is 0 Å². The van der Waals surface area contributed by atoms with Crippen LogP contribution in [0.5, 0.6) is 0 Å². The molecule has 0 aliphatic rings. The summed E-state index contributed by atoms with van der Waals surface area (Å²) < 4.78 is 20.4. The van der Waals surface area contributed by atoms with E-state index in [1.807, 2.05) is 0 Å². The van der Waals surface area contributed by atoms with Gasteiger partial charge in [0.1, 0.15) is 0 Å². The topological polar surface area (TPSA) is 35.5 Å². The Labute approximate surface area is 64.2 Å². The van der Waals surface area contributed by atoms with Crippen molar-refractivity contribution in [2.24, 2.45) is 0 Å². The monoisotopic (exact) mass is 166 g/mol. The summed E-state index contributed by atoms with van der Waals surface area (Å²) in [6.45, 7) is 1.13. The first-order valence-corrected chi connectivity index (χ1v) is 4.63. The fourth-order valence-electron chi connectivity index (χ4n) is 0.455. The summed E-state index contributed by atoms with van der Waals surface area (Å²) in [7, 11) is 2.44. The predicted molar refractivity (Wildman–Crippen MR) is 41.6 cm³/mol. The van der Waals surface area contributed by atoms with Gasteiger partial charge in [0.25, 0.3) is 0 Å². The maximum Gasteiger partial charge on any atom is 0.0577 e. The van der Waals surface area contributed by atoms with Crippen LogP contribution in [-0.4, -0.2) is 43.1 Å². The van der Waals surface area contributed by atoms with Gasteiger partial charge in [0.2, 0.25) is 0 Å². The van der Waals surface area contributed by atoms with Crippen LogP contribution in [-0.2, 0) is 20.3 Å². The molecule has 4 heteroatoms. The molecular formula is C6H14O3S. The molecule has 0 aromatic heterocycles. The smallest absolute Gasteiger partial charge is 0.0577 e. The lowest BCUT2D eigenvalue weighted by Gasteiger charge is -1.99. The molecule has 0 aliphatic heterocycles. The number of methoxy groups -OCH3 is 2. The van der Waals surface area contributed by atoms with Crippen molar-refractivity contribution < 1.29 is 13.7 Å². The quantitative estimate of drug-likeness (QED) is 0.558. The van der Waals surface area contributed by atoms with Crippen molar-refractivity contribution in [3.8, 4) is 0 Å². The van der Waals surface area contributed by atoms with E-state index in [1.165, 1.54) is 0 Å². The molecule has 0 unspecified atom stereocenters. The molecule has 0 saturated carbocycles. The molecule has 3 nitrogen and oxygen atoms in total. The minimum Gasteiger partial charge on any atom is -0.384 e. The summed E-state index contributed by atoms with van der Waals surface area (Å²) in [5.74, 6) is 1.22. The Bertz CT molecular complexity index is 85.0. The van der Waals surface area contributed by atoms with Crippen LogP contribution in [0, 0.1) is 0 Å². The summed E-state index contributed by atoms with van der Waals surface area (Å²) in [6, 6.07) is 0. The zero-order chi connectivity index (χ0) is 7.82. The van der Waals surface area contributed by atoms with E-state index in [2.05, 4.69) is 0 Å². The van der Waals surface area contributed by atoms with E-state index < -0.39 is 10.8 Å². The highest BCUT2D eigenvalue weighted by Crippen LogP contribution is 1.83. The lowest BCUT2D eigenvalue weighted by molar-refractivity contribution is 0.213. The van der Waals surface area contributed by atoms with E-state index in [0.717, 1.165) is 0 Å². The van der Waals surface area contributed by atoms with E-state index in [1.54, 1.807) is 14.2 Å². The number of ether oxygens (including phenoxy) is 2. The Hall–Kier alpha value is 0.0700. The van der Waals surface area contributed by atoms with Crippen molar-refractivity contribution >= 4 is 10.8 Å². The summed E-state index contributed by atoms with van der Waals surface area (Å²) in [5, 5.41) is 0. The maximum absolute atomic E-state index is 10.9. The highest BCUT2D eigenvalue weighted by atomic mass is 32.2. The molecule has 0 N–H and O–H groups in total. The summed E-state index contributed by atoms with van der Waals surface area (Å²) in [4.78, 5) is 0. The minimum absolute atomic E-state index is 0.566. The van der Waals surface area contributed by atoms with Gasteiger partial charge in [0.15, 0.2) is 0 Å². The van der Waals surface area contributed by atoms with Crippen molar-refractivity contribution in [1.29, 1.82) is 0 Å². The van der Waals surface area contributed by atoms with Gasteiger partial charge in [-0.05, 0) is 0 Å². The van der Waals surface area contributed by atoms with Gasteiger partial charge in [0, 0.05) is 36.5 Å². The average Bonchev–Trinajstić information content (AvgIpc) is 1.97. The van der Waals surface area contributed by atoms with Crippen molar-refractivity contribution in [3.05, 3.63) is 0 Å². The average molecular weight is 166 g/mol. The second-order valence-electron chi connectivity index (χ2n) is 1.83. The minimum atomic E-state index is -0.770. The molecule has 0 saturated heterocycles. The van der Waals surface area contributed by atoms with Gasteiger partial charge < -0.3 is 9.47 Å². The summed E-state index contributed by atoms with van der Waals surface area (Å²) in [5.41, 5.74) is 0. The molecule has 0 radical (unpaired) electrons. The van der Waals surface area contributed by atoms with Gasteiger partial charge in [-0.25, -0.2) is 0 Å². The molecule has 0 spiro atoms. The first-order valence-electron chi connectivity index (χ1n) is 3.14. The highest BCUT2D eigenvalue weighted by Gasteiger charge is 1.96. The lowest BCUT2D eigenvalue weighted by atomic mass is 10.8. The zero-order valence-corrected chi connectivity index (χ0v) is 7.28. The maximum atomic E-state index is 10.9. The fraction of sp³-hybridized carbons (Fsp3) is 1.00. The van der Waals surface area contributed by atoms with Crippen LogP contribution in [0.15, 0.2) is 0 Å². The van der Waals surface area contributed by atoms with Gasteiger partial charge in [-0.15, -0.1) is 0 Å². The van der Waals surface area contributed by atoms with Gasteiger partial charge in [-0.1, -0.05) is 0 Å². The molecule has 0 rings (SSSR count). The van der Waals surface area contributed by atoms with E-state index in [-0.39, 0.29) is 0 Å². The van der Waals surface area contributed by atoms with Crippen LogP contribution in [0.2, 0.25) is 0 Å². The lowest BCUT2D eigenvalue weighted by Crippen LogP contribution is -2.11. The molecule has 0 heterocycles. The third-order valence-electron chi connectivity index (χ3n) is 1.03. The Morgan fingerprint density at radius 1 is 1.10 bits per heavy atom. The molecule has 0 amide bonds. The van der Waals surface area contributed by atoms with E-state index >= 15 is 0 Å². The first-order chi connectivity index (χ1) is 4.81. The Morgan fingerprint density at radius 2 is 1.50 bits per heavy atom. The molecule has 0 aromatic carbocycles. The predicted octanol–water partition coefficient (Wildman–Crippen LogP) is 0.0279. The Kier molecular flexibility index (Phi) is 7.23. The Morgan fingerprint density at radius 3 is 1.80 bits per heavy atom. The molecule has 0 aliphatic carbocycles. The van der Waals surface area contributed by atoms with Crippen molar-refractivity contribution in [1.82, 2.24) is 0 Å². The van der Waals surface area contributed by atoms with Crippen LogP contribution in [0.25, 0.3) is 0 Å². The van der Waals surface area contributed by atoms with E-state index in [4.69, 9.17) is 9.47 Å². The van der Waals surface area contributed by atoms with Gasteiger partial charge in [0.05, 0.1) is 13.2 Å². The van der Waals surface area contributed by atoms with Crippen molar-refractivity contribution in [2.45, 2.75) is 0 Å². The third-order valence-corrected chi connectivity index (χ3v) is 2.27. The highest BCUT2D eigenvalue weighted by molar-refractivity contribution is 7.85. The second kappa shape index (κ2) is 7.18. The molecule has 10 heavy (non-hydrogen) atoms. The van der Waals surface area contributed by atoms with Crippen LogP contribution < -0.4 is 0 Å². The molecule has 0 aromatic rings. The zero-order valence-electron chi connectivity index (χ0n) is 6.46. The SMILES string of the molecule is COCCS(=O)CCOC. The standard InChI is InChI=1S/C6H14O3S/c1-8-3-5-10(7)6-4-9-2/h3-6H2,1-2H3. The van der Waals surface area contributed by atoms with Crippen molar-refractivity contribution in [2.75, 3.05) is 38.9 Å². The molecule has 62 valence electrons. The van der Waals surface area contributed by atoms with Crippen molar-refractivity contribution in [3.63, 3.8) is 0 Å². The number of hydrogen-bond donors (Lipinski definition) is 0. The number of hydrogen-bond acceptors (Lipinski definition) is 3. The summed E-state index contributed by atoms with van der Waals surface area (Å²) in [6.07, 6.45) is 0. The van der Waals surface area contributed by atoms with Gasteiger partial charge >= 0.3 is 0 Å². The molecule has 0 atom stereocenters. The van der Waals surface area contributed by atoms with Crippen LogP contribution >= 0.6 is 0 Å². The Balaban J connectivity index is 3.09. The van der Waals surface area contributed by atoms with Gasteiger partial charge in [-0.3, -0.25) is 4.21 Å². The van der Waals surface area contributed by atoms with E-state index in [0.29, 0.717) is 24.7 Å². The van der Waals surface area contributed by atoms with E-state index in [9.17, 15) is 4.21 Å². The fourth-order valence-corrected chi connectivity index (χ4v) is 1.36. The van der Waals surface area contributed by atoms with Gasteiger partial charge in [-0.2, -0.15) is 0 Å². The molecule has 0 fully saturated rings. The first kappa shape index (κ1) is 10.1. The second-order valence-corrected chi connectivity index (χ2v) is 3.53. The van der Waals surface area contributed by atoms with Crippen LogP contribution in [0.1, 0.15) is 0 Å².